The fraction of sp³-hybridized carbons (Fsp3) is 0.364. The van der Waals surface area contributed by atoms with Crippen molar-refractivity contribution in [2.24, 2.45) is 7.05 Å². The summed E-state index contributed by atoms with van der Waals surface area (Å²) in [7, 11) is 1.76. The Kier molecular flexibility index (Phi) is 6.15. The lowest BCUT2D eigenvalue weighted by molar-refractivity contribution is 0.122. The van der Waals surface area contributed by atoms with E-state index in [4.69, 9.17) is 0 Å². The molecule has 156 valence electrons. The average molecular weight is 406 g/mol. The quantitative estimate of drug-likeness (QED) is 0.603. The lowest BCUT2D eigenvalue weighted by Gasteiger charge is -2.34. The van der Waals surface area contributed by atoms with E-state index >= 15 is 0 Å². The third-order valence-electron chi connectivity index (χ3n) is 5.49. The van der Waals surface area contributed by atoms with Crippen LogP contribution in [0.25, 0.3) is 11.3 Å². The van der Waals surface area contributed by atoms with Gasteiger partial charge in [-0.3, -0.25) is 24.4 Å². The van der Waals surface area contributed by atoms with Crippen molar-refractivity contribution < 1.29 is 0 Å². The molecular weight excluding hydrogens is 380 g/mol. The van der Waals surface area contributed by atoms with Crippen molar-refractivity contribution in [2.45, 2.75) is 13.1 Å². The third kappa shape index (κ3) is 4.90. The summed E-state index contributed by atoms with van der Waals surface area (Å²) in [6, 6.07) is 10.8. The third-order valence-corrected chi connectivity index (χ3v) is 5.49. The summed E-state index contributed by atoms with van der Waals surface area (Å²) in [6.07, 6.45) is 5.29. The summed E-state index contributed by atoms with van der Waals surface area (Å²) < 4.78 is 3.12. The minimum Gasteiger partial charge on any atom is -0.319 e. The Morgan fingerprint density at radius 1 is 0.933 bits per heavy atom. The van der Waals surface area contributed by atoms with Gasteiger partial charge < -0.3 is 4.57 Å². The number of pyridine rings is 2. The van der Waals surface area contributed by atoms with Crippen molar-refractivity contribution in [2.75, 3.05) is 32.7 Å². The fourth-order valence-corrected chi connectivity index (χ4v) is 3.63. The smallest absolute Gasteiger partial charge is 0.266 e. The normalized spacial score (nSPS) is 15.4. The lowest BCUT2D eigenvalue weighted by Crippen LogP contribution is -2.47. The maximum Gasteiger partial charge on any atom is 0.266 e. The fourth-order valence-electron chi connectivity index (χ4n) is 3.63. The molecule has 0 amide bonds. The van der Waals surface area contributed by atoms with Crippen molar-refractivity contribution in [3.8, 4) is 11.3 Å². The van der Waals surface area contributed by atoms with Crippen molar-refractivity contribution in [3.05, 3.63) is 81.3 Å². The zero-order chi connectivity index (χ0) is 20.9. The molecule has 0 radical (unpaired) electrons. The molecule has 30 heavy (non-hydrogen) atoms. The summed E-state index contributed by atoms with van der Waals surface area (Å²) in [5.41, 5.74) is 2.64. The Morgan fingerprint density at radius 3 is 2.47 bits per heavy atom. The van der Waals surface area contributed by atoms with Gasteiger partial charge in [-0.05, 0) is 29.8 Å². The Labute approximate surface area is 175 Å². The Morgan fingerprint density at radius 2 is 1.73 bits per heavy atom. The Balaban J connectivity index is 1.31. The monoisotopic (exact) mass is 406 g/mol. The van der Waals surface area contributed by atoms with E-state index in [1.54, 1.807) is 42.2 Å². The molecule has 0 saturated carbocycles. The van der Waals surface area contributed by atoms with Gasteiger partial charge in [0.25, 0.3) is 11.1 Å². The minimum absolute atomic E-state index is 0.0255. The summed E-state index contributed by atoms with van der Waals surface area (Å²) >= 11 is 0. The molecule has 0 atom stereocenters. The zero-order valence-electron chi connectivity index (χ0n) is 17.1. The minimum atomic E-state index is -0.0908. The second-order valence-electron chi connectivity index (χ2n) is 7.62. The highest BCUT2D eigenvalue weighted by Crippen LogP contribution is 2.13. The van der Waals surface area contributed by atoms with E-state index in [2.05, 4.69) is 19.9 Å². The molecule has 4 heterocycles. The van der Waals surface area contributed by atoms with E-state index in [1.165, 1.54) is 4.68 Å². The van der Waals surface area contributed by atoms with E-state index in [1.807, 2.05) is 24.4 Å². The van der Waals surface area contributed by atoms with Crippen LogP contribution in [-0.4, -0.2) is 61.9 Å². The van der Waals surface area contributed by atoms with Gasteiger partial charge in [0, 0.05) is 82.6 Å². The summed E-state index contributed by atoms with van der Waals surface area (Å²) in [5, 5.41) is 4.51. The second kappa shape index (κ2) is 9.15. The number of rotatable bonds is 6. The van der Waals surface area contributed by atoms with Gasteiger partial charge in [0.15, 0.2) is 0 Å². The Hall–Kier alpha value is -3.10. The van der Waals surface area contributed by atoms with E-state index in [0.717, 1.165) is 56.1 Å². The lowest BCUT2D eigenvalue weighted by atomic mass is 10.2. The second-order valence-corrected chi connectivity index (χ2v) is 7.62. The van der Waals surface area contributed by atoms with Crippen LogP contribution in [0.3, 0.4) is 0 Å². The number of aryl methyl sites for hydroxylation is 1. The number of hydrogen-bond acceptors (Lipinski definition) is 6. The predicted molar refractivity (Wildman–Crippen MR) is 115 cm³/mol. The molecule has 0 bridgehead atoms. The summed E-state index contributed by atoms with van der Waals surface area (Å²) in [5.74, 6) is 0. The van der Waals surface area contributed by atoms with Crippen molar-refractivity contribution in [3.63, 3.8) is 0 Å². The van der Waals surface area contributed by atoms with Crippen LogP contribution in [0.4, 0.5) is 0 Å². The van der Waals surface area contributed by atoms with Gasteiger partial charge in [-0.1, -0.05) is 0 Å². The SMILES string of the molecule is Cn1ccc(CN2CCN(CCn3nc(-c4cccnc4)ccc3=O)CC2)cc1=O. The average Bonchev–Trinajstić information content (AvgIpc) is 2.77. The first-order chi connectivity index (χ1) is 14.6. The Bertz CT molecular complexity index is 1100. The highest BCUT2D eigenvalue weighted by atomic mass is 16.1. The maximum absolute atomic E-state index is 12.2. The molecule has 1 fully saturated rings. The number of piperazine rings is 1. The number of hydrogen-bond donors (Lipinski definition) is 0. The molecular formula is C22H26N6O2. The van der Waals surface area contributed by atoms with Crippen LogP contribution >= 0.6 is 0 Å². The molecule has 8 nitrogen and oxygen atoms in total. The van der Waals surface area contributed by atoms with E-state index in [0.29, 0.717) is 6.54 Å². The first kappa shape index (κ1) is 20.2. The van der Waals surface area contributed by atoms with Crippen LogP contribution in [-0.2, 0) is 20.1 Å². The highest BCUT2D eigenvalue weighted by Gasteiger charge is 2.17. The number of nitrogens with zero attached hydrogens (tertiary/aromatic N) is 6. The summed E-state index contributed by atoms with van der Waals surface area (Å²) in [6.45, 7) is 5.87. The number of aromatic nitrogens is 4. The molecule has 3 aromatic heterocycles. The predicted octanol–water partition coefficient (Wildman–Crippen LogP) is 0.822. The van der Waals surface area contributed by atoms with Crippen molar-refractivity contribution in [1.29, 1.82) is 0 Å². The van der Waals surface area contributed by atoms with Crippen molar-refractivity contribution >= 4 is 0 Å². The van der Waals surface area contributed by atoms with E-state index < -0.39 is 0 Å². The first-order valence-corrected chi connectivity index (χ1v) is 10.2. The highest BCUT2D eigenvalue weighted by molar-refractivity contribution is 5.56. The van der Waals surface area contributed by atoms with Crippen molar-refractivity contribution in [1.82, 2.24) is 29.1 Å². The molecule has 0 aliphatic carbocycles. The van der Waals surface area contributed by atoms with Gasteiger partial charge in [0.1, 0.15) is 0 Å². The van der Waals surface area contributed by atoms with Gasteiger partial charge in [0.05, 0.1) is 12.2 Å². The molecule has 1 saturated heterocycles. The summed E-state index contributed by atoms with van der Waals surface area (Å²) in [4.78, 5) is 32.8. The molecule has 0 aromatic carbocycles. The maximum atomic E-state index is 12.2. The van der Waals surface area contributed by atoms with Crippen LogP contribution in [0, 0.1) is 0 Å². The molecule has 1 aliphatic rings. The first-order valence-electron chi connectivity index (χ1n) is 10.2. The molecule has 0 unspecified atom stereocenters. The molecule has 3 aromatic rings. The van der Waals surface area contributed by atoms with E-state index in [9.17, 15) is 9.59 Å². The molecule has 1 aliphatic heterocycles. The van der Waals surface area contributed by atoms with E-state index in [-0.39, 0.29) is 11.1 Å². The molecule has 4 rings (SSSR count). The van der Waals surface area contributed by atoms with Gasteiger partial charge in [0.2, 0.25) is 0 Å². The largest absolute Gasteiger partial charge is 0.319 e. The van der Waals surface area contributed by atoms with Gasteiger partial charge in [-0.2, -0.15) is 5.10 Å². The molecule has 0 N–H and O–H groups in total. The zero-order valence-corrected chi connectivity index (χ0v) is 17.1. The standard InChI is InChI=1S/C22H26N6O2/c1-25-8-6-18(15-22(25)30)17-27-11-9-26(10-12-27)13-14-28-21(29)5-4-20(24-28)19-3-2-7-23-16-19/h2-8,15-16H,9-14,17H2,1H3. The molecule has 8 heteroatoms. The molecule has 0 spiro atoms. The van der Waals surface area contributed by atoms with Gasteiger partial charge in [-0.15, -0.1) is 0 Å². The van der Waals surface area contributed by atoms with Crippen LogP contribution in [0.5, 0.6) is 0 Å². The van der Waals surface area contributed by atoms with Gasteiger partial charge >= 0.3 is 0 Å². The van der Waals surface area contributed by atoms with Crippen LogP contribution in [0.2, 0.25) is 0 Å². The van der Waals surface area contributed by atoms with Crippen LogP contribution < -0.4 is 11.1 Å². The van der Waals surface area contributed by atoms with Crippen LogP contribution in [0.1, 0.15) is 5.56 Å². The topological polar surface area (TPSA) is 76.3 Å². The van der Waals surface area contributed by atoms with Crippen LogP contribution in [0.15, 0.2) is 64.6 Å². The van der Waals surface area contributed by atoms with Gasteiger partial charge in [-0.25, -0.2) is 4.68 Å².